The zero-order chi connectivity index (χ0) is 22.0. The predicted molar refractivity (Wildman–Crippen MR) is 114 cm³/mol. The number of aryl methyl sites for hydroxylation is 1. The van der Waals surface area contributed by atoms with E-state index in [-0.39, 0.29) is 24.5 Å². The fraction of sp³-hybridized carbons (Fsp3) is 0.261. The van der Waals surface area contributed by atoms with E-state index in [0.29, 0.717) is 5.56 Å². The Labute approximate surface area is 178 Å². The lowest BCUT2D eigenvalue weighted by Crippen LogP contribution is -2.44. The van der Waals surface area contributed by atoms with Crippen molar-refractivity contribution in [2.24, 2.45) is 7.05 Å². The molecule has 160 valence electrons. The number of nitrogens with zero attached hydrogens (tertiary/aromatic N) is 1. The van der Waals surface area contributed by atoms with Gasteiger partial charge in [0.2, 0.25) is 0 Å². The number of ether oxygens (including phenoxy) is 2. The molecule has 0 unspecified atom stereocenters. The molecule has 0 fully saturated rings. The molecule has 8 nitrogen and oxygen atoms in total. The Morgan fingerprint density at radius 3 is 2.26 bits per heavy atom. The Kier molecular flexibility index (Phi) is 5.62. The van der Waals surface area contributed by atoms with Crippen molar-refractivity contribution >= 4 is 12.1 Å². The predicted octanol–water partition coefficient (Wildman–Crippen LogP) is 2.34. The number of carbonyl (C=O) groups excluding carboxylic acids is 2. The van der Waals surface area contributed by atoms with Gasteiger partial charge in [0.1, 0.15) is 12.6 Å². The third-order valence-corrected chi connectivity index (χ3v) is 5.56. The summed E-state index contributed by atoms with van der Waals surface area (Å²) in [6.07, 6.45) is 0.745. The molecule has 1 amide bonds. The number of aromatic nitrogens is 2. The second-order valence-electron chi connectivity index (χ2n) is 7.41. The lowest BCUT2D eigenvalue weighted by atomic mass is 9.98. The van der Waals surface area contributed by atoms with E-state index in [0.717, 1.165) is 22.3 Å². The molecule has 0 bridgehead atoms. The molecule has 0 saturated carbocycles. The number of H-pyrrole nitrogens is 1. The minimum absolute atomic E-state index is 0.00690. The van der Waals surface area contributed by atoms with Gasteiger partial charge < -0.3 is 19.9 Å². The van der Waals surface area contributed by atoms with Crippen LogP contribution in [0.25, 0.3) is 11.1 Å². The van der Waals surface area contributed by atoms with E-state index >= 15 is 0 Å². The van der Waals surface area contributed by atoms with Crippen LogP contribution in [0.15, 0.2) is 59.5 Å². The third kappa shape index (κ3) is 3.96. The topological polar surface area (TPSA) is 102 Å². The van der Waals surface area contributed by atoms with Crippen LogP contribution >= 0.6 is 0 Å². The van der Waals surface area contributed by atoms with E-state index in [9.17, 15) is 14.4 Å². The van der Waals surface area contributed by atoms with Crippen molar-refractivity contribution in [2.75, 3.05) is 13.7 Å². The van der Waals surface area contributed by atoms with E-state index in [1.54, 1.807) is 7.05 Å². The Balaban J connectivity index is 1.46. The van der Waals surface area contributed by atoms with Crippen LogP contribution in [0.2, 0.25) is 0 Å². The van der Waals surface area contributed by atoms with E-state index in [1.807, 2.05) is 36.4 Å². The summed E-state index contributed by atoms with van der Waals surface area (Å²) in [6, 6.07) is 15.0. The third-order valence-electron chi connectivity index (χ3n) is 5.56. The maximum atomic E-state index is 12.5. The number of alkyl carbamates (subject to hydrolysis) is 1. The molecule has 0 spiro atoms. The van der Waals surface area contributed by atoms with E-state index in [2.05, 4.69) is 22.5 Å². The van der Waals surface area contributed by atoms with Gasteiger partial charge in [-0.3, -0.25) is 9.48 Å². The number of aromatic amines is 1. The monoisotopic (exact) mass is 421 g/mol. The van der Waals surface area contributed by atoms with Crippen molar-refractivity contribution in [3.05, 3.63) is 81.8 Å². The second kappa shape index (κ2) is 8.51. The normalized spacial score (nSPS) is 13.2. The molecule has 4 rings (SSSR count). The van der Waals surface area contributed by atoms with Crippen molar-refractivity contribution in [1.29, 1.82) is 0 Å². The molecule has 2 aromatic carbocycles. The van der Waals surface area contributed by atoms with Gasteiger partial charge in [-0.25, -0.2) is 9.59 Å². The van der Waals surface area contributed by atoms with Crippen LogP contribution in [0, 0.1) is 0 Å². The van der Waals surface area contributed by atoms with Gasteiger partial charge in [-0.05, 0) is 22.3 Å². The zero-order valence-electron chi connectivity index (χ0n) is 17.3. The first-order valence-corrected chi connectivity index (χ1v) is 9.92. The highest BCUT2D eigenvalue weighted by molar-refractivity contribution is 5.82. The van der Waals surface area contributed by atoms with Crippen LogP contribution in [0.1, 0.15) is 22.6 Å². The summed E-state index contributed by atoms with van der Waals surface area (Å²) in [5.74, 6) is -0.747. The highest BCUT2D eigenvalue weighted by Gasteiger charge is 2.30. The fourth-order valence-corrected chi connectivity index (χ4v) is 3.99. The molecule has 0 aliphatic heterocycles. The largest absolute Gasteiger partial charge is 0.467 e. The van der Waals surface area contributed by atoms with Gasteiger partial charge in [-0.1, -0.05) is 48.5 Å². The quantitative estimate of drug-likeness (QED) is 0.595. The Morgan fingerprint density at radius 2 is 1.71 bits per heavy atom. The highest BCUT2D eigenvalue weighted by Crippen LogP contribution is 2.44. The maximum Gasteiger partial charge on any atom is 0.407 e. The summed E-state index contributed by atoms with van der Waals surface area (Å²) < 4.78 is 11.6. The summed E-state index contributed by atoms with van der Waals surface area (Å²) in [5.41, 5.74) is 4.53. The van der Waals surface area contributed by atoms with Gasteiger partial charge in [-0.2, -0.15) is 0 Å². The molecule has 2 N–H and O–H groups in total. The number of rotatable bonds is 6. The first-order chi connectivity index (χ1) is 15.0. The molecule has 8 heteroatoms. The number of hydrogen-bond donors (Lipinski definition) is 2. The van der Waals surface area contributed by atoms with Gasteiger partial charge in [0.25, 0.3) is 5.56 Å². The van der Waals surface area contributed by atoms with Gasteiger partial charge in [-0.15, -0.1) is 0 Å². The summed E-state index contributed by atoms with van der Waals surface area (Å²) in [7, 11) is 2.79. The summed E-state index contributed by atoms with van der Waals surface area (Å²) in [5, 5.41) is 5.27. The number of nitrogens with one attached hydrogen (secondary N) is 2. The molecule has 1 aliphatic carbocycles. The lowest BCUT2D eigenvalue weighted by Gasteiger charge is -2.18. The number of fused-ring (bicyclic) bond motifs is 3. The lowest BCUT2D eigenvalue weighted by molar-refractivity contribution is -0.143. The number of methoxy groups -OCH3 is 1. The number of hydrogen-bond acceptors (Lipinski definition) is 5. The Morgan fingerprint density at radius 1 is 1.10 bits per heavy atom. The molecular formula is C23H23N3O5. The van der Waals surface area contributed by atoms with Gasteiger partial charge in [0.15, 0.2) is 0 Å². The highest BCUT2D eigenvalue weighted by atomic mass is 16.6. The number of esters is 1. The summed E-state index contributed by atoms with van der Waals surface area (Å²) in [6.45, 7) is 0.125. The summed E-state index contributed by atoms with van der Waals surface area (Å²) in [4.78, 5) is 36.7. The van der Waals surface area contributed by atoms with Gasteiger partial charge in [0, 0.05) is 31.1 Å². The van der Waals surface area contributed by atoms with Crippen LogP contribution in [0.3, 0.4) is 0 Å². The molecule has 3 aromatic rings. The molecule has 0 saturated heterocycles. The fourth-order valence-electron chi connectivity index (χ4n) is 3.99. The average Bonchev–Trinajstić information content (AvgIpc) is 3.28. The zero-order valence-corrected chi connectivity index (χ0v) is 17.3. The van der Waals surface area contributed by atoms with Crippen LogP contribution in [0.4, 0.5) is 4.79 Å². The van der Waals surface area contributed by atoms with Gasteiger partial charge >= 0.3 is 12.1 Å². The van der Waals surface area contributed by atoms with Crippen LogP contribution in [-0.2, 0) is 27.7 Å². The maximum absolute atomic E-state index is 12.5. The van der Waals surface area contributed by atoms with Crippen molar-refractivity contribution in [2.45, 2.75) is 18.4 Å². The molecule has 1 heterocycles. The molecule has 1 aromatic heterocycles. The Hall–Kier alpha value is -3.81. The van der Waals surface area contributed by atoms with Crippen LogP contribution < -0.4 is 10.9 Å². The first-order valence-electron chi connectivity index (χ1n) is 9.92. The molecule has 1 atom stereocenters. The number of amides is 1. The SMILES string of the molecule is COC(=O)[C@H](Cc1c[nH]n(C)c1=O)NC(=O)OCC1c2ccccc2-c2ccccc21. The van der Waals surface area contributed by atoms with Gasteiger partial charge in [0.05, 0.1) is 7.11 Å². The molecule has 1 aliphatic rings. The van der Waals surface area contributed by atoms with E-state index < -0.39 is 18.1 Å². The first kappa shape index (κ1) is 20.5. The van der Waals surface area contributed by atoms with E-state index in [1.165, 1.54) is 18.0 Å². The smallest absolute Gasteiger partial charge is 0.407 e. The van der Waals surface area contributed by atoms with Crippen molar-refractivity contribution < 1.29 is 19.1 Å². The van der Waals surface area contributed by atoms with Crippen LogP contribution in [-0.4, -0.2) is 41.6 Å². The standard InChI is InChI=1S/C23H23N3O5/c1-26-21(27)14(12-24-26)11-20(22(28)30-2)25-23(29)31-13-19-17-9-5-3-7-15(17)16-8-4-6-10-18(16)19/h3-10,12,19-20,24H,11,13H2,1-2H3,(H,25,29)/t20-/m0/s1. The minimum Gasteiger partial charge on any atom is -0.467 e. The number of carbonyl (C=O) groups is 2. The average molecular weight is 421 g/mol. The summed E-state index contributed by atoms with van der Waals surface area (Å²) >= 11 is 0. The van der Waals surface area contributed by atoms with Crippen molar-refractivity contribution in [3.8, 4) is 11.1 Å². The van der Waals surface area contributed by atoms with Crippen molar-refractivity contribution in [3.63, 3.8) is 0 Å². The molecule has 0 radical (unpaired) electrons. The van der Waals surface area contributed by atoms with Crippen molar-refractivity contribution in [1.82, 2.24) is 15.1 Å². The number of benzene rings is 2. The Bertz CT molecular complexity index is 1130. The van der Waals surface area contributed by atoms with E-state index in [4.69, 9.17) is 9.47 Å². The second-order valence-corrected chi connectivity index (χ2v) is 7.41. The van der Waals surface area contributed by atoms with Crippen LogP contribution in [0.5, 0.6) is 0 Å². The molecule has 31 heavy (non-hydrogen) atoms. The molecular weight excluding hydrogens is 398 g/mol. The minimum atomic E-state index is -1.04.